The first-order chi connectivity index (χ1) is 10.3. The van der Waals surface area contributed by atoms with Crippen LogP contribution >= 0.6 is 0 Å². The van der Waals surface area contributed by atoms with E-state index in [1.54, 1.807) is 0 Å². The molecular weight excluding hydrogens is 260 g/mol. The van der Waals surface area contributed by atoms with Gasteiger partial charge in [-0.15, -0.1) is 0 Å². The van der Waals surface area contributed by atoms with E-state index in [0.717, 1.165) is 19.5 Å². The molecule has 1 aromatic carbocycles. The third kappa shape index (κ3) is 3.88. The Morgan fingerprint density at radius 1 is 1.10 bits per heavy atom. The Morgan fingerprint density at radius 3 is 2.62 bits per heavy atom. The van der Waals surface area contributed by atoms with Gasteiger partial charge in [0.15, 0.2) is 0 Å². The second-order valence-corrected chi connectivity index (χ2v) is 5.74. The molecule has 4 nitrogen and oxygen atoms in total. The fourth-order valence-electron chi connectivity index (χ4n) is 2.89. The first kappa shape index (κ1) is 14.2. The Balaban J connectivity index is 1.50. The van der Waals surface area contributed by atoms with Gasteiger partial charge in [-0.1, -0.05) is 30.3 Å². The van der Waals surface area contributed by atoms with Crippen LogP contribution in [0.25, 0.3) is 0 Å². The summed E-state index contributed by atoms with van der Waals surface area (Å²) in [6.45, 7) is 1.98. The van der Waals surface area contributed by atoms with Gasteiger partial charge in [0, 0.05) is 37.6 Å². The zero-order valence-electron chi connectivity index (χ0n) is 12.4. The minimum absolute atomic E-state index is 0.408. The van der Waals surface area contributed by atoms with Crippen molar-refractivity contribution in [2.45, 2.75) is 25.0 Å². The maximum Gasteiger partial charge on any atom is 0.0478 e. The Labute approximate surface area is 126 Å². The van der Waals surface area contributed by atoms with Crippen LogP contribution in [-0.4, -0.2) is 29.5 Å². The van der Waals surface area contributed by atoms with Crippen molar-refractivity contribution in [3.63, 3.8) is 0 Å². The summed E-state index contributed by atoms with van der Waals surface area (Å²) in [5.41, 5.74) is 9.48. The van der Waals surface area contributed by atoms with E-state index in [0.29, 0.717) is 12.1 Å². The van der Waals surface area contributed by atoms with Crippen LogP contribution in [0.1, 0.15) is 23.6 Å². The highest BCUT2D eigenvalue weighted by atomic mass is 15.4. The van der Waals surface area contributed by atoms with Gasteiger partial charge in [-0.25, -0.2) is 5.43 Å². The summed E-state index contributed by atoms with van der Waals surface area (Å²) >= 11 is 0. The predicted octanol–water partition coefficient (Wildman–Crippen LogP) is 2.12. The first-order valence-corrected chi connectivity index (χ1v) is 7.45. The van der Waals surface area contributed by atoms with Crippen LogP contribution in [0.3, 0.4) is 0 Å². The van der Waals surface area contributed by atoms with E-state index >= 15 is 0 Å². The maximum atomic E-state index is 4.06. The van der Waals surface area contributed by atoms with Gasteiger partial charge in [0.25, 0.3) is 0 Å². The fraction of sp³-hybridized carbons (Fsp3) is 0.353. The van der Waals surface area contributed by atoms with E-state index < -0.39 is 0 Å². The van der Waals surface area contributed by atoms with Crippen molar-refractivity contribution in [3.8, 4) is 0 Å². The quantitative estimate of drug-likeness (QED) is 0.881. The molecule has 1 saturated heterocycles. The minimum Gasteiger partial charge on any atom is -0.301 e. The Bertz CT molecular complexity index is 543. The monoisotopic (exact) mass is 282 g/mol. The number of hydrazine groups is 1. The van der Waals surface area contributed by atoms with Crippen LogP contribution in [-0.2, 0) is 6.54 Å². The van der Waals surface area contributed by atoms with Crippen LogP contribution < -0.4 is 10.9 Å². The Morgan fingerprint density at radius 2 is 1.86 bits per heavy atom. The summed E-state index contributed by atoms with van der Waals surface area (Å²) in [7, 11) is 2.16. The molecule has 0 saturated carbocycles. The third-order valence-corrected chi connectivity index (χ3v) is 3.92. The van der Waals surface area contributed by atoms with E-state index in [1.165, 1.54) is 11.1 Å². The highest BCUT2D eigenvalue weighted by Gasteiger charge is 2.25. The predicted molar refractivity (Wildman–Crippen MR) is 84.4 cm³/mol. The van der Waals surface area contributed by atoms with Crippen molar-refractivity contribution >= 4 is 0 Å². The maximum absolute atomic E-state index is 4.06. The van der Waals surface area contributed by atoms with E-state index in [2.05, 4.69) is 70.2 Å². The van der Waals surface area contributed by atoms with Crippen LogP contribution in [0.4, 0.5) is 0 Å². The van der Waals surface area contributed by atoms with Crippen molar-refractivity contribution in [1.29, 1.82) is 0 Å². The van der Waals surface area contributed by atoms with Gasteiger partial charge in [-0.3, -0.25) is 10.4 Å². The molecule has 1 aromatic heterocycles. The SMILES string of the molecule is CN(Cc1ccncc1)CC1CC(c2ccccc2)NN1. The second kappa shape index (κ2) is 6.80. The van der Waals surface area contributed by atoms with E-state index in [1.807, 2.05) is 12.4 Å². The lowest BCUT2D eigenvalue weighted by molar-refractivity contribution is 0.289. The number of hydrogen-bond donors (Lipinski definition) is 2. The average molecular weight is 282 g/mol. The summed E-state index contributed by atoms with van der Waals surface area (Å²) in [6.07, 6.45) is 4.82. The molecule has 1 fully saturated rings. The van der Waals surface area contributed by atoms with Crippen LogP contribution in [0, 0.1) is 0 Å². The zero-order chi connectivity index (χ0) is 14.5. The number of nitrogens with zero attached hydrogens (tertiary/aromatic N) is 2. The van der Waals surface area contributed by atoms with Crippen molar-refractivity contribution in [2.75, 3.05) is 13.6 Å². The van der Waals surface area contributed by atoms with Crippen molar-refractivity contribution in [2.24, 2.45) is 0 Å². The third-order valence-electron chi connectivity index (χ3n) is 3.92. The Hall–Kier alpha value is -1.75. The molecular formula is C17H22N4. The second-order valence-electron chi connectivity index (χ2n) is 5.74. The molecule has 0 amide bonds. The van der Waals surface area contributed by atoms with Gasteiger partial charge < -0.3 is 4.90 Å². The molecule has 2 heterocycles. The van der Waals surface area contributed by atoms with Crippen molar-refractivity contribution in [3.05, 3.63) is 66.0 Å². The fourth-order valence-corrected chi connectivity index (χ4v) is 2.89. The number of pyridine rings is 1. The molecule has 2 N–H and O–H groups in total. The smallest absolute Gasteiger partial charge is 0.0478 e. The summed E-state index contributed by atoms with van der Waals surface area (Å²) in [4.78, 5) is 6.41. The van der Waals surface area contributed by atoms with Gasteiger partial charge in [0.05, 0.1) is 0 Å². The molecule has 0 radical (unpaired) electrons. The standard InChI is InChI=1S/C17H22N4/c1-21(12-14-7-9-18-10-8-14)13-16-11-17(20-19-16)15-5-3-2-4-6-15/h2-10,16-17,19-20H,11-13H2,1H3. The normalized spacial score (nSPS) is 21.8. The highest BCUT2D eigenvalue weighted by Crippen LogP contribution is 2.22. The largest absolute Gasteiger partial charge is 0.301 e. The number of aromatic nitrogens is 1. The average Bonchev–Trinajstić information content (AvgIpc) is 2.97. The molecule has 0 spiro atoms. The zero-order valence-corrected chi connectivity index (χ0v) is 12.4. The topological polar surface area (TPSA) is 40.2 Å². The molecule has 1 aliphatic heterocycles. The summed E-state index contributed by atoms with van der Waals surface area (Å²) in [6, 6.07) is 15.6. The number of hydrogen-bond acceptors (Lipinski definition) is 4. The molecule has 0 bridgehead atoms. The van der Waals surface area contributed by atoms with Gasteiger partial charge in [0.2, 0.25) is 0 Å². The molecule has 4 heteroatoms. The molecule has 21 heavy (non-hydrogen) atoms. The summed E-state index contributed by atoms with van der Waals surface area (Å²) in [5.74, 6) is 0. The lowest BCUT2D eigenvalue weighted by atomic mass is 10.0. The number of likely N-dealkylation sites (N-methyl/N-ethyl adjacent to an activating group) is 1. The molecule has 3 rings (SSSR count). The molecule has 0 aliphatic carbocycles. The number of nitrogens with one attached hydrogen (secondary N) is 2. The van der Waals surface area contributed by atoms with Crippen LogP contribution in [0.5, 0.6) is 0 Å². The summed E-state index contributed by atoms with van der Waals surface area (Å²) < 4.78 is 0. The number of rotatable bonds is 5. The lowest BCUT2D eigenvalue weighted by Gasteiger charge is -2.20. The summed E-state index contributed by atoms with van der Waals surface area (Å²) in [5, 5.41) is 0. The highest BCUT2D eigenvalue weighted by molar-refractivity contribution is 5.20. The molecule has 1 aliphatic rings. The van der Waals surface area contributed by atoms with Crippen LogP contribution in [0.15, 0.2) is 54.9 Å². The number of benzene rings is 1. The van der Waals surface area contributed by atoms with Gasteiger partial charge in [0.1, 0.15) is 0 Å². The Kier molecular flexibility index (Phi) is 4.60. The van der Waals surface area contributed by atoms with E-state index in [4.69, 9.17) is 0 Å². The lowest BCUT2D eigenvalue weighted by Crippen LogP contribution is -2.38. The van der Waals surface area contributed by atoms with Crippen LogP contribution in [0.2, 0.25) is 0 Å². The first-order valence-electron chi connectivity index (χ1n) is 7.45. The van der Waals surface area contributed by atoms with E-state index in [9.17, 15) is 0 Å². The molecule has 2 unspecified atom stereocenters. The van der Waals surface area contributed by atoms with Gasteiger partial charge in [-0.05, 0) is 36.7 Å². The van der Waals surface area contributed by atoms with Gasteiger partial charge >= 0.3 is 0 Å². The molecule has 2 atom stereocenters. The van der Waals surface area contributed by atoms with Crippen molar-refractivity contribution < 1.29 is 0 Å². The van der Waals surface area contributed by atoms with Crippen molar-refractivity contribution in [1.82, 2.24) is 20.7 Å². The molecule has 110 valence electrons. The van der Waals surface area contributed by atoms with Gasteiger partial charge in [-0.2, -0.15) is 0 Å². The minimum atomic E-state index is 0.408. The molecule has 2 aromatic rings. The van der Waals surface area contributed by atoms with E-state index in [-0.39, 0.29) is 0 Å².